The Morgan fingerprint density at radius 1 is 1.18 bits per heavy atom. The number of hydrogen-bond donors (Lipinski definition) is 1. The summed E-state index contributed by atoms with van der Waals surface area (Å²) in [5, 5.41) is 20.5. The third-order valence-corrected chi connectivity index (χ3v) is 6.88. The predicted octanol–water partition coefficient (Wildman–Crippen LogP) is 4.36. The lowest BCUT2D eigenvalue weighted by molar-refractivity contribution is -0.132. The van der Waals surface area contributed by atoms with Crippen LogP contribution in [0.2, 0.25) is 0 Å². The molecule has 1 fully saturated rings. The largest absolute Gasteiger partial charge is 0.507 e. The van der Waals surface area contributed by atoms with Crippen molar-refractivity contribution in [3.63, 3.8) is 0 Å². The molecule has 7 nitrogen and oxygen atoms in total. The normalized spacial score (nSPS) is 21.4. The second-order valence-corrected chi connectivity index (χ2v) is 9.48. The highest BCUT2D eigenvalue weighted by Crippen LogP contribution is 2.43. The molecule has 2 atom stereocenters. The minimum Gasteiger partial charge on any atom is -0.507 e. The van der Waals surface area contributed by atoms with Crippen LogP contribution in [0.3, 0.4) is 0 Å². The summed E-state index contributed by atoms with van der Waals surface area (Å²) >= 11 is 1.23. The molecule has 2 unspecified atom stereocenters. The molecule has 0 aliphatic carbocycles. The molecule has 0 spiro atoms. The number of ketones is 1. The summed E-state index contributed by atoms with van der Waals surface area (Å²) in [6.07, 6.45) is 1.64. The number of rotatable bonds is 4. The molecule has 2 aliphatic heterocycles. The monoisotopic (exact) mass is 461 g/mol. The molecular formula is C25H23N3O4S. The predicted molar refractivity (Wildman–Crippen MR) is 125 cm³/mol. The van der Waals surface area contributed by atoms with Crippen molar-refractivity contribution >= 4 is 33.9 Å². The van der Waals surface area contributed by atoms with Crippen molar-refractivity contribution in [3.05, 3.63) is 75.3 Å². The quantitative estimate of drug-likeness (QED) is 0.353. The first-order chi connectivity index (χ1) is 15.9. The van der Waals surface area contributed by atoms with E-state index in [0.717, 1.165) is 35.3 Å². The number of nitrogens with zero attached hydrogens (tertiary/aromatic N) is 3. The fraction of sp³-hybridized carbons (Fsp3) is 0.280. The Labute approximate surface area is 195 Å². The molecule has 8 heteroatoms. The fourth-order valence-electron chi connectivity index (χ4n) is 4.39. The molecule has 0 bridgehead atoms. The molecule has 1 aromatic heterocycles. The molecule has 2 aliphatic rings. The van der Waals surface area contributed by atoms with E-state index in [1.807, 2.05) is 37.3 Å². The first kappa shape index (κ1) is 21.3. The molecule has 168 valence electrons. The number of benzene rings is 2. The molecule has 0 saturated carbocycles. The van der Waals surface area contributed by atoms with Crippen LogP contribution in [0.15, 0.2) is 48.0 Å². The number of aliphatic hydroxyl groups excluding tert-OH is 1. The average molecular weight is 462 g/mol. The van der Waals surface area contributed by atoms with Crippen molar-refractivity contribution in [2.24, 2.45) is 0 Å². The summed E-state index contributed by atoms with van der Waals surface area (Å²) in [5.74, 6) is -0.898. The SMILES string of the molecule is CCc1ccc(C2/C(=C(/O)c3ccc4c(c3)CC(C)O4)C(=O)C(=O)N2c2nnc(C)s2)cc1. The zero-order valence-corrected chi connectivity index (χ0v) is 19.3. The average Bonchev–Trinajstić information content (AvgIpc) is 3.48. The van der Waals surface area contributed by atoms with E-state index in [1.165, 1.54) is 16.2 Å². The molecular weight excluding hydrogens is 438 g/mol. The number of ether oxygens (including phenoxy) is 1. The van der Waals surface area contributed by atoms with Crippen molar-refractivity contribution in [1.82, 2.24) is 10.2 Å². The van der Waals surface area contributed by atoms with Gasteiger partial charge in [0.15, 0.2) is 0 Å². The van der Waals surface area contributed by atoms with Crippen molar-refractivity contribution < 1.29 is 19.4 Å². The highest BCUT2D eigenvalue weighted by molar-refractivity contribution is 7.15. The Kier molecular flexibility index (Phi) is 5.25. The van der Waals surface area contributed by atoms with Gasteiger partial charge < -0.3 is 9.84 Å². The molecule has 0 radical (unpaired) electrons. The second-order valence-electron chi connectivity index (χ2n) is 8.32. The van der Waals surface area contributed by atoms with Gasteiger partial charge in [0.1, 0.15) is 22.6 Å². The number of aryl methyl sites for hydroxylation is 2. The maximum absolute atomic E-state index is 13.2. The van der Waals surface area contributed by atoms with E-state index in [2.05, 4.69) is 17.1 Å². The van der Waals surface area contributed by atoms with Crippen LogP contribution in [0.5, 0.6) is 5.75 Å². The number of anilines is 1. The minimum atomic E-state index is -0.799. The fourth-order valence-corrected chi connectivity index (χ4v) is 5.10. The van der Waals surface area contributed by atoms with Gasteiger partial charge >= 0.3 is 5.91 Å². The molecule has 33 heavy (non-hydrogen) atoms. The van der Waals surface area contributed by atoms with Gasteiger partial charge in [0.25, 0.3) is 5.78 Å². The Bertz CT molecular complexity index is 1300. The van der Waals surface area contributed by atoms with Gasteiger partial charge in [-0.25, -0.2) is 0 Å². The number of amides is 1. The molecule has 1 amide bonds. The number of aliphatic hydroxyl groups is 1. The smallest absolute Gasteiger partial charge is 0.301 e. The number of carbonyl (C=O) groups excluding carboxylic acids is 2. The molecule has 5 rings (SSSR count). The third kappa shape index (κ3) is 3.60. The van der Waals surface area contributed by atoms with Gasteiger partial charge in [-0.15, -0.1) is 10.2 Å². The lowest BCUT2D eigenvalue weighted by atomic mass is 9.94. The van der Waals surface area contributed by atoms with Gasteiger partial charge in [0.2, 0.25) is 5.13 Å². The maximum Gasteiger partial charge on any atom is 0.301 e. The topological polar surface area (TPSA) is 92.6 Å². The van der Waals surface area contributed by atoms with E-state index in [0.29, 0.717) is 15.7 Å². The zero-order valence-electron chi connectivity index (χ0n) is 18.5. The van der Waals surface area contributed by atoms with Crippen molar-refractivity contribution in [1.29, 1.82) is 0 Å². The van der Waals surface area contributed by atoms with E-state index in [9.17, 15) is 14.7 Å². The highest BCUT2D eigenvalue weighted by atomic mass is 32.1. The van der Waals surface area contributed by atoms with E-state index < -0.39 is 17.7 Å². The number of carbonyl (C=O) groups is 2. The second kappa shape index (κ2) is 8.12. The summed E-state index contributed by atoms with van der Waals surface area (Å²) in [6.45, 7) is 5.83. The summed E-state index contributed by atoms with van der Waals surface area (Å²) < 4.78 is 5.75. The van der Waals surface area contributed by atoms with E-state index >= 15 is 0 Å². The Morgan fingerprint density at radius 2 is 1.94 bits per heavy atom. The van der Waals surface area contributed by atoms with Crippen LogP contribution in [0, 0.1) is 6.92 Å². The first-order valence-electron chi connectivity index (χ1n) is 10.9. The third-order valence-electron chi connectivity index (χ3n) is 6.04. The summed E-state index contributed by atoms with van der Waals surface area (Å²) in [4.78, 5) is 27.7. The van der Waals surface area contributed by atoms with Crippen LogP contribution in [-0.4, -0.2) is 33.1 Å². The van der Waals surface area contributed by atoms with E-state index in [-0.39, 0.29) is 17.4 Å². The Balaban J connectivity index is 1.67. The van der Waals surface area contributed by atoms with Gasteiger partial charge in [0, 0.05) is 12.0 Å². The van der Waals surface area contributed by atoms with Crippen molar-refractivity contribution in [2.75, 3.05) is 4.90 Å². The number of fused-ring (bicyclic) bond motifs is 1. The number of hydrogen-bond acceptors (Lipinski definition) is 7. The van der Waals surface area contributed by atoms with Crippen LogP contribution < -0.4 is 9.64 Å². The minimum absolute atomic E-state index is 0.0454. The standard InChI is InChI=1S/C25H23N3O4S/c1-4-15-5-7-16(8-6-15)21-20(23(30)24(31)28(21)25-27-26-14(3)33-25)22(29)17-9-10-19-18(12-17)11-13(2)32-19/h5-10,12-13,21,29H,4,11H2,1-3H3/b22-20-. The highest BCUT2D eigenvalue weighted by Gasteiger charge is 2.48. The molecule has 1 saturated heterocycles. The zero-order chi connectivity index (χ0) is 23.3. The summed E-state index contributed by atoms with van der Waals surface area (Å²) in [7, 11) is 0. The van der Waals surface area contributed by atoms with Crippen molar-refractivity contribution in [3.8, 4) is 5.75 Å². The Hall–Kier alpha value is -3.52. The molecule has 3 aromatic rings. The van der Waals surface area contributed by atoms with Crippen LogP contribution in [-0.2, 0) is 22.4 Å². The Morgan fingerprint density at radius 3 is 2.61 bits per heavy atom. The maximum atomic E-state index is 13.2. The van der Waals surface area contributed by atoms with E-state index in [1.54, 1.807) is 19.1 Å². The van der Waals surface area contributed by atoms with Gasteiger partial charge in [-0.1, -0.05) is 42.5 Å². The van der Waals surface area contributed by atoms with Gasteiger partial charge in [-0.05, 0) is 55.2 Å². The summed E-state index contributed by atoms with van der Waals surface area (Å²) in [6, 6.07) is 12.3. The lowest BCUT2D eigenvalue weighted by Crippen LogP contribution is -2.29. The first-order valence-corrected chi connectivity index (χ1v) is 11.7. The van der Waals surface area contributed by atoms with Gasteiger partial charge in [0.05, 0.1) is 11.6 Å². The van der Waals surface area contributed by atoms with Crippen LogP contribution >= 0.6 is 11.3 Å². The van der Waals surface area contributed by atoms with Gasteiger partial charge in [-0.3, -0.25) is 14.5 Å². The van der Waals surface area contributed by atoms with Crippen molar-refractivity contribution in [2.45, 2.75) is 45.8 Å². The van der Waals surface area contributed by atoms with Crippen LogP contribution in [0.1, 0.15) is 47.2 Å². The lowest BCUT2D eigenvalue weighted by Gasteiger charge is -2.22. The van der Waals surface area contributed by atoms with Crippen LogP contribution in [0.4, 0.5) is 5.13 Å². The number of aromatic nitrogens is 2. The van der Waals surface area contributed by atoms with Crippen LogP contribution in [0.25, 0.3) is 5.76 Å². The van der Waals surface area contributed by atoms with E-state index in [4.69, 9.17) is 4.74 Å². The van der Waals surface area contributed by atoms with Gasteiger partial charge in [-0.2, -0.15) is 0 Å². The molecule has 1 N–H and O–H groups in total. The molecule has 2 aromatic carbocycles. The summed E-state index contributed by atoms with van der Waals surface area (Å²) in [5.41, 5.74) is 3.34. The number of Topliss-reactive ketones (excluding diaryl/α,β-unsaturated/α-hetero) is 1. The molecule has 3 heterocycles.